The van der Waals surface area contributed by atoms with E-state index in [4.69, 9.17) is 10.00 Å². The van der Waals surface area contributed by atoms with E-state index in [-0.39, 0.29) is 6.04 Å². The van der Waals surface area contributed by atoms with E-state index in [1.165, 1.54) is 0 Å². The van der Waals surface area contributed by atoms with Crippen molar-refractivity contribution >= 4 is 10.9 Å². The first-order valence-corrected chi connectivity index (χ1v) is 6.69. The van der Waals surface area contributed by atoms with Crippen molar-refractivity contribution in [2.45, 2.75) is 39.4 Å². The molecule has 1 heterocycles. The van der Waals surface area contributed by atoms with Crippen molar-refractivity contribution in [2.75, 3.05) is 7.11 Å². The van der Waals surface area contributed by atoms with Crippen molar-refractivity contribution in [3.63, 3.8) is 0 Å². The number of hydrogen-bond donors (Lipinski definition) is 0. The predicted molar refractivity (Wildman–Crippen MR) is 77.8 cm³/mol. The normalized spacial score (nSPS) is 14.0. The number of benzene rings is 1. The number of ether oxygens (including phenoxy) is 1. The molecule has 0 radical (unpaired) electrons. The minimum atomic E-state index is -0.957. The molecule has 0 bridgehead atoms. The third-order valence-electron chi connectivity index (χ3n) is 3.91. The molecule has 0 aliphatic heterocycles. The van der Waals surface area contributed by atoms with Crippen molar-refractivity contribution in [1.82, 2.24) is 4.57 Å². The zero-order chi connectivity index (χ0) is 14.9. The lowest BCUT2D eigenvalue weighted by atomic mass is 10.1. The summed E-state index contributed by atoms with van der Waals surface area (Å²) in [4.78, 5) is 0. The van der Waals surface area contributed by atoms with Gasteiger partial charge in [-0.15, -0.1) is 0 Å². The minimum absolute atomic E-state index is 0.265. The third-order valence-corrected chi connectivity index (χ3v) is 3.91. The van der Waals surface area contributed by atoms with Crippen LogP contribution in [0.4, 0.5) is 4.39 Å². The fourth-order valence-electron chi connectivity index (χ4n) is 2.65. The van der Waals surface area contributed by atoms with Crippen molar-refractivity contribution in [3.8, 4) is 11.8 Å². The summed E-state index contributed by atoms with van der Waals surface area (Å²) >= 11 is 0. The van der Waals surface area contributed by atoms with E-state index in [1.54, 1.807) is 14.0 Å². The molecule has 1 unspecified atom stereocenters. The highest BCUT2D eigenvalue weighted by Crippen LogP contribution is 2.33. The van der Waals surface area contributed by atoms with Gasteiger partial charge in [0.05, 0.1) is 25.6 Å². The quantitative estimate of drug-likeness (QED) is 0.846. The van der Waals surface area contributed by atoms with Gasteiger partial charge in [0.2, 0.25) is 0 Å². The Balaban J connectivity index is 2.76. The highest BCUT2D eigenvalue weighted by molar-refractivity contribution is 5.87. The van der Waals surface area contributed by atoms with E-state index in [0.717, 1.165) is 27.9 Å². The molecule has 0 N–H and O–H groups in total. The number of nitriles is 1. The smallest absolute Gasteiger partial charge is 0.119 e. The number of fused-ring (bicyclic) bond motifs is 1. The van der Waals surface area contributed by atoms with Gasteiger partial charge in [-0.05, 0) is 44.5 Å². The number of methoxy groups -OCH3 is 1. The van der Waals surface area contributed by atoms with Gasteiger partial charge in [0.1, 0.15) is 11.9 Å². The SMILES string of the molecule is COc1ccc2c(c1)c(CC#N)c(C)n2C(C)[C@@H](C)F. The Hall–Kier alpha value is -2.02. The summed E-state index contributed by atoms with van der Waals surface area (Å²) in [5, 5.41) is 9.99. The zero-order valence-electron chi connectivity index (χ0n) is 12.3. The monoisotopic (exact) mass is 274 g/mol. The van der Waals surface area contributed by atoms with Gasteiger partial charge in [-0.2, -0.15) is 5.26 Å². The molecule has 0 saturated carbocycles. The molecule has 0 fully saturated rings. The molecule has 106 valence electrons. The summed E-state index contributed by atoms with van der Waals surface area (Å²) in [5.74, 6) is 0.745. The van der Waals surface area contributed by atoms with E-state index < -0.39 is 6.17 Å². The number of alkyl halides is 1. The molecule has 1 aromatic heterocycles. The summed E-state index contributed by atoms with van der Waals surface area (Å²) in [6, 6.07) is 7.64. The van der Waals surface area contributed by atoms with Crippen LogP contribution >= 0.6 is 0 Å². The van der Waals surface area contributed by atoms with Gasteiger partial charge < -0.3 is 9.30 Å². The standard InChI is InChI=1S/C16H19FN2O/c1-10(17)11(2)19-12(3)14(7-8-18)15-9-13(20-4)5-6-16(15)19/h5-6,9-11H,7H2,1-4H3/t10-,11?/m1/s1. The zero-order valence-corrected chi connectivity index (χ0v) is 12.3. The number of nitrogens with zero attached hydrogens (tertiary/aromatic N) is 2. The molecule has 20 heavy (non-hydrogen) atoms. The molecule has 1 aromatic carbocycles. The molecule has 2 atom stereocenters. The largest absolute Gasteiger partial charge is 0.497 e. The number of rotatable bonds is 4. The summed E-state index contributed by atoms with van der Waals surface area (Å²) in [6.07, 6.45) is -0.642. The summed E-state index contributed by atoms with van der Waals surface area (Å²) in [6.45, 7) is 5.36. The maximum atomic E-state index is 13.7. The van der Waals surface area contributed by atoms with Crippen LogP contribution in [0.15, 0.2) is 18.2 Å². The molecule has 0 amide bonds. The van der Waals surface area contributed by atoms with Crippen LogP contribution in [-0.2, 0) is 6.42 Å². The molecule has 3 nitrogen and oxygen atoms in total. The minimum Gasteiger partial charge on any atom is -0.497 e. The second-order valence-electron chi connectivity index (χ2n) is 5.07. The Labute approximate surface area is 118 Å². The van der Waals surface area contributed by atoms with Crippen LogP contribution in [-0.4, -0.2) is 17.8 Å². The van der Waals surface area contributed by atoms with Crippen LogP contribution in [0.25, 0.3) is 10.9 Å². The molecule has 0 aliphatic carbocycles. The van der Waals surface area contributed by atoms with Crippen molar-refractivity contribution in [2.24, 2.45) is 0 Å². The molecular weight excluding hydrogens is 255 g/mol. The van der Waals surface area contributed by atoms with E-state index in [2.05, 4.69) is 6.07 Å². The van der Waals surface area contributed by atoms with Crippen LogP contribution in [0.2, 0.25) is 0 Å². The summed E-state index contributed by atoms with van der Waals surface area (Å²) in [5.41, 5.74) is 2.85. The maximum absolute atomic E-state index is 13.7. The van der Waals surface area contributed by atoms with Crippen molar-refractivity contribution in [1.29, 1.82) is 5.26 Å². The van der Waals surface area contributed by atoms with Gasteiger partial charge in [-0.1, -0.05) is 0 Å². The average Bonchev–Trinajstić information content (AvgIpc) is 2.70. The van der Waals surface area contributed by atoms with Gasteiger partial charge in [0.15, 0.2) is 0 Å². The predicted octanol–water partition coefficient (Wildman–Crippen LogP) is 3.94. The van der Waals surface area contributed by atoms with Crippen molar-refractivity contribution < 1.29 is 9.13 Å². The fraction of sp³-hybridized carbons (Fsp3) is 0.438. The molecule has 0 aliphatic rings. The fourth-order valence-corrected chi connectivity index (χ4v) is 2.65. The third kappa shape index (κ3) is 2.24. The van der Waals surface area contributed by atoms with E-state index >= 15 is 0 Å². The summed E-state index contributed by atoms with van der Waals surface area (Å²) in [7, 11) is 1.61. The Morgan fingerprint density at radius 2 is 2.10 bits per heavy atom. The first kappa shape index (κ1) is 14.4. The second-order valence-corrected chi connectivity index (χ2v) is 5.07. The Morgan fingerprint density at radius 1 is 1.40 bits per heavy atom. The Bertz CT molecular complexity index is 667. The summed E-state index contributed by atoms with van der Waals surface area (Å²) < 4.78 is 20.9. The molecule has 2 aromatic rings. The van der Waals surface area contributed by atoms with E-state index in [1.807, 2.05) is 36.6 Å². The number of hydrogen-bond acceptors (Lipinski definition) is 2. The first-order chi connectivity index (χ1) is 9.51. The Morgan fingerprint density at radius 3 is 2.65 bits per heavy atom. The van der Waals surface area contributed by atoms with Gasteiger partial charge >= 0.3 is 0 Å². The highest BCUT2D eigenvalue weighted by Gasteiger charge is 2.21. The van der Waals surface area contributed by atoms with E-state index in [0.29, 0.717) is 6.42 Å². The van der Waals surface area contributed by atoms with Crippen LogP contribution in [0.1, 0.15) is 31.1 Å². The van der Waals surface area contributed by atoms with Gasteiger partial charge in [-0.25, -0.2) is 4.39 Å². The first-order valence-electron chi connectivity index (χ1n) is 6.69. The average molecular weight is 274 g/mol. The van der Waals surface area contributed by atoms with Crippen LogP contribution in [0.3, 0.4) is 0 Å². The van der Waals surface area contributed by atoms with Gasteiger partial charge in [-0.3, -0.25) is 0 Å². The topological polar surface area (TPSA) is 37.9 Å². The highest BCUT2D eigenvalue weighted by atomic mass is 19.1. The molecule has 0 spiro atoms. The Kier molecular flexibility index (Phi) is 3.99. The van der Waals surface area contributed by atoms with Crippen LogP contribution in [0.5, 0.6) is 5.75 Å². The lowest BCUT2D eigenvalue weighted by Gasteiger charge is -2.19. The molecule has 0 saturated heterocycles. The van der Waals surface area contributed by atoms with Gasteiger partial charge in [0.25, 0.3) is 0 Å². The second kappa shape index (κ2) is 5.54. The number of halogens is 1. The van der Waals surface area contributed by atoms with Gasteiger partial charge in [0, 0.05) is 16.6 Å². The lowest BCUT2D eigenvalue weighted by molar-refractivity contribution is 0.266. The number of aromatic nitrogens is 1. The molecular formula is C16H19FN2O. The van der Waals surface area contributed by atoms with Crippen LogP contribution in [0, 0.1) is 18.3 Å². The van der Waals surface area contributed by atoms with Crippen LogP contribution < -0.4 is 4.74 Å². The van der Waals surface area contributed by atoms with E-state index in [9.17, 15) is 4.39 Å². The molecule has 4 heteroatoms. The lowest BCUT2D eigenvalue weighted by Crippen LogP contribution is -2.15. The maximum Gasteiger partial charge on any atom is 0.119 e. The van der Waals surface area contributed by atoms with Crippen molar-refractivity contribution in [3.05, 3.63) is 29.5 Å². The molecule has 2 rings (SSSR count).